The van der Waals surface area contributed by atoms with Gasteiger partial charge in [0.2, 0.25) is 5.84 Å². The molecule has 1 aliphatic rings. The van der Waals surface area contributed by atoms with Crippen molar-refractivity contribution < 1.29 is 31.1 Å². The predicted molar refractivity (Wildman–Crippen MR) is 127 cm³/mol. The summed E-state index contributed by atoms with van der Waals surface area (Å²) in [5, 5.41) is 16.1. The van der Waals surface area contributed by atoms with Crippen molar-refractivity contribution in [3.63, 3.8) is 0 Å². The second kappa shape index (κ2) is 10.5. The van der Waals surface area contributed by atoms with Crippen LogP contribution in [-0.4, -0.2) is 59.0 Å². The van der Waals surface area contributed by atoms with Gasteiger partial charge >= 0.3 is 12.2 Å². The average molecular weight is 545 g/mol. The molecule has 0 radical (unpaired) electrons. The molecule has 0 spiro atoms. The Labute approximate surface area is 211 Å². The quantitative estimate of drug-likeness (QED) is 0.182. The van der Waals surface area contributed by atoms with Crippen molar-refractivity contribution in [1.29, 1.82) is 10.8 Å². The van der Waals surface area contributed by atoms with E-state index in [0.717, 1.165) is 23.8 Å². The number of aryl methyl sites for hydroxylation is 1. The number of ether oxygens (including phenoxy) is 1. The Hall–Kier alpha value is -3.42. The molecule has 1 fully saturated rings. The highest BCUT2D eigenvalue weighted by molar-refractivity contribution is 7.18. The Morgan fingerprint density at radius 2 is 1.86 bits per heavy atom. The Kier molecular flexibility index (Phi) is 7.57. The minimum absolute atomic E-state index is 0.0547. The fourth-order valence-electron chi connectivity index (χ4n) is 3.94. The van der Waals surface area contributed by atoms with Crippen LogP contribution in [0.15, 0.2) is 18.2 Å². The minimum atomic E-state index is -4.87. The fourth-order valence-corrected chi connectivity index (χ4v) is 5.05. The number of hydrogen-bond acceptors (Lipinski definition) is 7. The molecule has 7 nitrogen and oxygen atoms in total. The van der Waals surface area contributed by atoms with Crippen molar-refractivity contribution in [2.45, 2.75) is 32.4 Å². The summed E-state index contributed by atoms with van der Waals surface area (Å²) < 4.78 is 85.5. The van der Waals surface area contributed by atoms with Crippen LogP contribution >= 0.6 is 11.3 Å². The van der Waals surface area contributed by atoms with Gasteiger partial charge in [0, 0.05) is 30.5 Å². The van der Waals surface area contributed by atoms with Crippen molar-refractivity contribution in [2.24, 2.45) is 0 Å². The van der Waals surface area contributed by atoms with Crippen LogP contribution < -0.4 is 9.64 Å². The van der Waals surface area contributed by atoms with Crippen LogP contribution in [0.3, 0.4) is 0 Å². The monoisotopic (exact) mass is 544 g/mol. The van der Waals surface area contributed by atoms with Gasteiger partial charge in [-0.15, -0.1) is 11.3 Å². The number of thiophene rings is 1. The SMILES string of the molecule is CCCc1cc2c(N3CCN(C(=N)C(F)(F)F)C(=N)C3)nc(OCCc3cc(F)cc(F)c3F)nc2s1. The first-order valence-corrected chi connectivity index (χ1v) is 12.1. The van der Waals surface area contributed by atoms with E-state index < -0.39 is 35.3 Å². The summed E-state index contributed by atoms with van der Waals surface area (Å²) in [7, 11) is 0. The lowest BCUT2D eigenvalue weighted by atomic mass is 10.1. The normalized spacial score (nSPS) is 14.5. The molecule has 0 unspecified atom stereocenters. The molecule has 198 valence electrons. The Balaban J connectivity index is 1.58. The lowest BCUT2D eigenvalue weighted by Crippen LogP contribution is -2.55. The van der Waals surface area contributed by atoms with E-state index in [-0.39, 0.29) is 44.2 Å². The molecule has 1 aliphatic heterocycles. The standard InChI is InChI=1S/C23H22F6N6OS/c1-2-3-14-10-15-19(34-5-6-35(17(30)11-34)21(31)23(27,28)29)32-22(33-20(15)37-14)36-7-4-12-8-13(24)9-16(25)18(12)26/h8-10,30-31H,2-7,11H2,1H3. The van der Waals surface area contributed by atoms with Crippen LogP contribution in [0.4, 0.5) is 32.2 Å². The highest BCUT2D eigenvalue weighted by Gasteiger charge is 2.41. The van der Waals surface area contributed by atoms with Gasteiger partial charge < -0.3 is 14.5 Å². The van der Waals surface area contributed by atoms with E-state index in [1.54, 1.807) is 4.90 Å². The Morgan fingerprint density at radius 3 is 2.54 bits per heavy atom. The summed E-state index contributed by atoms with van der Waals surface area (Å²) >= 11 is 1.40. The molecule has 0 bridgehead atoms. The number of fused-ring (bicyclic) bond motifs is 1. The van der Waals surface area contributed by atoms with Crippen LogP contribution in [0.5, 0.6) is 6.01 Å². The number of piperazine rings is 1. The molecule has 0 amide bonds. The zero-order chi connectivity index (χ0) is 26.9. The number of nitrogens with one attached hydrogen (secondary N) is 2. The van der Waals surface area contributed by atoms with E-state index in [1.165, 1.54) is 11.3 Å². The molecule has 14 heteroatoms. The summed E-state index contributed by atoms with van der Waals surface area (Å²) in [5.74, 6) is -5.06. The zero-order valence-corrected chi connectivity index (χ0v) is 20.4. The maximum atomic E-state index is 14.0. The predicted octanol–water partition coefficient (Wildman–Crippen LogP) is 5.32. The Morgan fingerprint density at radius 1 is 1.11 bits per heavy atom. The van der Waals surface area contributed by atoms with E-state index in [1.807, 2.05) is 13.0 Å². The van der Waals surface area contributed by atoms with Gasteiger partial charge in [-0.1, -0.05) is 13.3 Å². The molecule has 1 saturated heterocycles. The van der Waals surface area contributed by atoms with Crippen molar-refractivity contribution in [1.82, 2.24) is 14.9 Å². The molecule has 2 N–H and O–H groups in total. The van der Waals surface area contributed by atoms with Crippen molar-refractivity contribution in [3.8, 4) is 6.01 Å². The third-order valence-electron chi connectivity index (χ3n) is 5.67. The third-order valence-corrected chi connectivity index (χ3v) is 6.76. The smallest absolute Gasteiger partial charge is 0.449 e. The number of hydrogen-bond donors (Lipinski definition) is 2. The van der Waals surface area contributed by atoms with Gasteiger partial charge in [-0.2, -0.15) is 23.1 Å². The molecule has 4 rings (SSSR count). The molecule has 37 heavy (non-hydrogen) atoms. The average Bonchev–Trinajstić information content (AvgIpc) is 3.23. The van der Waals surface area contributed by atoms with Crippen LogP contribution in [0.2, 0.25) is 0 Å². The second-order valence-electron chi connectivity index (χ2n) is 8.34. The number of benzene rings is 1. The number of halogens is 6. The van der Waals surface area contributed by atoms with Crippen LogP contribution in [0.25, 0.3) is 10.2 Å². The van der Waals surface area contributed by atoms with Gasteiger partial charge in [0.15, 0.2) is 11.6 Å². The maximum Gasteiger partial charge on any atom is 0.449 e. The van der Waals surface area contributed by atoms with Crippen molar-refractivity contribution in [3.05, 3.63) is 46.1 Å². The van der Waals surface area contributed by atoms with Crippen LogP contribution in [0, 0.1) is 28.3 Å². The number of nitrogens with zero attached hydrogens (tertiary/aromatic N) is 4. The van der Waals surface area contributed by atoms with E-state index in [2.05, 4.69) is 9.97 Å². The lowest BCUT2D eigenvalue weighted by Gasteiger charge is -2.37. The third kappa shape index (κ3) is 5.78. The highest BCUT2D eigenvalue weighted by atomic mass is 32.1. The topological polar surface area (TPSA) is 89.2 Å². The molecular formula is C23H22F6N6OS. The van der Waals surface area contributed by atoms with Gasteiger partial charge in [-0.05, 0) is 24.1 Å². The van der Waals surface area contributed by atoms with Gasteiger partial charge in [0.25, 0.3) is 0 Å². The number of rotatable bonds is 7. The van der Waals surface area contributed by atoms with Crippen LogP contribution in [0.1, 0.15) is 23.8 Å². The van der Waals surface area contributed by atoms with Crippen molar-refractivity contribution >= 4 is 39.0 Å². The van der Waals surface area contributed by atoms with Gasteiger partial charge in [-0.3, -0.25) is 10.8 Å². The van der Waals surface area contributed by atoms with E-state index in [4.69, 9.17) is 15.6 Å². The zero-order valence-electron chi connectivity index (χ0n) is 19.6. The van der Waals surface area contributed by atoms with Gasteiger partial charge in [-0.25, -0.2) is 13.2 Å². The first kappa shape index (κ1) is 26.6. The molecule has 3 aromatic rings. The molecule has 0 aliphatic carbocycles. The molecule has 0 atom stereocenters. The largest absolute Gasteiger partial charge is 0.463 e. The number of anilines is 1. The minimum Gasteiger partial charge on any atom is -0.463 e. The van der Waals surface area contributed by atoms with E-state index >= 15 is 0 Å². The second-order valence-corrected chi connectivity index (χ2v) is 9.45. The first-order chi connectivity index (χ1) is 17.5. The highest BCUT2D eigenvalue weighted by Crippen LogP contribution is 2.34. The molecule has 1 aromatic carbocycles. The first-order valence-electron chi connectivity index (χ1n) is 11.3. The van der Waals surface area contributed by atoms with Crippen molar-refractivity contribution in [2.75, 3.05) is 31.1 Å². The molecule has 2 aromatic heterocycles. The number of amidine groups is 2. The van der Waals surface area contributed by atoms with E-state index in [0.29, 0.717) is 27.0 Å². The van der Waals surface area contributed by atoms with E-state index in [9.17, 15) is 26.3 Å². The summed E-state index contributed by atoms with van der Waals surface area (Å²) in [6, 6.07) is 3.11. The van der Waals surface area contributed by atoms with Gasteiger partial charge in [0.1, 0.15) is 22.3 Å². The number of aromatic nitrogens is 2. The summed E-state index contributed by atoms with van der Waals surface area (Å²) in [5.41, 5.74) is -0.211. The van der Waals surface area contributed by atoms with Gasteiger partial charge in [0.05, 0.1) is 18.5 Å². The molecule has 0 saturated carbocycles. The molecular weight excluding hydrogens is 522 g/mol. The summed E-state index contributed by atoms with van der Waals surface area (Å²) in [6.07, 6.45) is -3.39. The summed E-state index contributed by atoms with van der Waals surface area (Å²) in [4.78, 5) is 12.6. The number of alkyl halides is 3. The molecule has 3 heterocycles. The lowest BCUT2D eigenvalue weighted by molar-refractivity contribution is -0.0671. The maximum absolute atomic E-state index is 14.0. The fraction of sp³-hybridized carbons (Fsp3) is 0.391. The van der Waals surface area contributed by atoms with Crippen LogP contribution in [-0.2, 0) is 12.8 Å². The Bertz CT molecular complexity index is 1340. The summed E-state index contributed by atoms with van der Waals surface area (Å²) in [6.45, 7) is 1.41.